The lowest BCUT2D eigenvalue weighted by Crippen LogP contribution is -2.14. The SMILES string of the molecule is Nc1ccc(C(=O)CNc2ccc(-c3ccc(NCC(=O)c4ccc(N)cc4)cc3)cc2)cc1. The van der Waals surface area contributed by atoms with Crippen molar-refractivity contribution in [3.8, 4) is 11.1 Å². The number of anilines is 4. The van der Waals surface area contributed by atoms with Gasteiger partial charge in [0.15, 0.2) is 11.6 Å². The zero-order valence-electron chi connectivity index (χ0n) is 18.6. The number of carbonyl (C=O) groups is 2. The van der Waals surface area contributed by atoms with Gasteiger partial charge in [-0.1, -0.05) is 24.3 Å². The molecule has 6 nitrogen and oxygen atoms in total. The van der Waals surface area contributed by atoms with Crippen LogP contribution in [0.25, 0.3) is 11.1 Å². The third kappa shape index (κ3) is 5.81. The van der Waals surface area contributed by atoms with Crippen LogP contribution in [-0.2, 0) is 0 Å². The van der Waals surface area contributed by atoms with Gasteiger partial charge in [0.25, 0.3) is 0 Å². The molecule has 0 aliphatic rings. The van der Waals surface area contributed by atoms with E-state index in [0.29, 0.717) is 22.5 Å². The maximum atomic E-state index is 12.3. The fraction of sp³-hybridized carbons (Fsp3) is 0.0714. The van der Waals surface area contributed by atoms with E-state index in [1.807, 2.05) is 48.5 Å². The monoisotopic (exact) mass is 450 g/mol. The standard InChI is InChI=1S/C28H26N4O2/c29-23-9-1-21(2-10-23)27(33)17-31-25-13-5-19(6-14-25)20-7-15-26(16-8-20)32-18-28(34)22-3-11-24(30)12-4-22/h1-16,31-32H,17-18,29-30H2. The maximum Gasteiger partial charge on any atom is 0.181 e. The van der Waals surface area contributed by atoms with Crippen LogP contribution in [0.4, 0.5) is 22.7 Å². The zero-order valence-corrected chi connectivity index (χ0v) is 18.6. The molecule has 4 rings (SSSR count). The molecule has 0 spiro atoms. The molecule has 0 aliphatic carbocycles. The van der Waals surface area contributed by atoms with E-state index in [1.165, 1.54) is 0 Å². The number of benzene rings is 4. The summed E-state index contributed by atoms with van der Waals surface area (Å²) in [5, 5.41) is 6.32. The predicted octanol–water partition coefficient (Wildman–Crippen LogP) is 5.11. The maximum absolute atomic E-state index is 12.3. The third-order valence-corrected chi connectivity index (χ3v) is 5.47. The summed E-state index contributed by atoms with van der Waals surface area (Å²) in [6, 6.07) is 29.6. The summed E-state index contributed by atoms with van der Waals surface area (Å²) in [7, 11) is 0. The van der Waals surface area contributed by atoms with E-state index in [2.05, 4.69) is 10.6 Å². The van der Waals surface area contributed by atoms with Crippen molar-refractivity contribution in [2.24, 2.45) is 0 Å². The van der Waals surface area contributed by atoms with Gasteiger partial charge in [-0.25, -0.2) is 0 Å². The van der Waals surface area contributed by atoms with Crippen molar-refractivity contribution in [3.63, 3.8) is 0 Å². The van der Waals surface area contributed by atoms with Crippen LogP contribution in [0.15, 0.2) is 97.1 Å². The Hall–Kier alpha value is -4.58. The fourth-order valence-electron chi connectivity index (χ4n) is 3.47. The minimum Gasteiger partial charge on any atom is -0.399 e. The smallest absolute Gasteiger partial charge is 0.181 e. The average Bonchev–Trinajstić information content (AvgIpc) is 2.87. The lowest BCUT2D eigenvalue weighted by atomic mass is 10.0. The fourth-order valence-corrected chi connectivity index (χ4v) is 3.47. The molecule has 0 bridgehead atoms. The van der Waals surface area contributed by atoms with Crippen LogP contribution in [0.3, 0.4) is 0 Å². The summed E-state index contributed by atoms with van der Waals surface area (Å²) in [6.07, 6.45) is 0. The van der Waals surface area contributed by atoms with E-state index in [9.17, 15) is 9.59 Å². The van der Waals surface area contributed by atoms with Crippen molar-refractivity contribution in [1.82, 2.24) is 0 Å². The van der Waals surface area contributed by atoms with Gasteiger partial charge in [0.1, 0.15) is 0 Å². The van der Waals surface area contributed by atoms with Crippen LogP contribution >= 0.6 is 0 Å². The largest absolute Gasteiger partial charge is 0.399 e. The highest BCUT2D eigenvalue weighted by Crippen LogP contribution is 2.23. The summed E-state index contributed by atoms with van der Waals surface area (Å²) in [5.74, 6) is 0.00378. The lowest BCUT2D eigenvalue weighted by Gasteiger charge is -2.09. The molecule has 34 heavy (non-hydrogen) atoms. The Morgan fingerprint density at radius 3 is 1.15 bits per heavy atom. The van der Waals surface area contributed by atoms with Crippen LogP contribution in [0, 0.1) is 0 Å². The second kappa shape index (κ2) is 10.4. The van der Waals surface area contributed by atoms with Gasteiger partial charge in [0.05, 0.1) is 13.1 Å². The van der Waals surface area contributed by atoms with Gasteiger partial charge in [-0.2, -0.15) is 0 Å². The van der Waals surface area contributed by atoms with Crippen LogP contribution in [-0.4, -0.2) is 24.7 Å². The Kier molecular flexibility index (Phi) is 6.89. The predicted molar refractivity (Wildman–Crippen MR) is 139 cm³/mol. The molecule has 0 saturated heterocycles. The first-order chi connectivity index (χ1) is 16.5. The first kappa shape index (κ1) is 22.6. The summed E-state index contributed by atoms with van der Waals surface area (Å²) >= 11 is 0. The number of nitrogens with two attached hydrogens (primary N) is 2. The Balaban J connectivity index is 1.30. The van der Waals surface area contributed by atoms with Crippen molar-refractivity contribution in [3.05, 3.63) is 108 Å². The molecule has 0 aromatic heterocycles. The van der Waals surface area contributed by atoms with E-state index >= 15 is 0 Å². The van der Waals surface area contributed by atoms with Gasteiger partial charge in [-0.3, -0.25) is 9.59 Å². The summed E-state index contributed by atoms with van der Waals surface area (Å²) in [4.78, 5) is 24.6. The van der Waals surface area contributed by atoms with Gasteiger partial charge in [0.2, 0.25) is 0 Å². The minimum atomic E-state index is 0.00189. The van der Waals surface area contributed by atoms with E-state index in [0.717, 1.165) is 22.5 Å². The molecule has 0 fully saturated rings. The number of nitrogen functional groups attached to an aromatic ring is 2. The molecular formula is C28H26N4O2. The second-order valence-corrected chi connectivity index (χ2v) is 7.95. The number of carbonyl (C=O) groups excluding carboxylic acids is 2. The average molecular weight is 451 g/mol. The van der Waals surface area contributed by atoms with Crippen LogP contribution in [0.2, 0.25) is 0 Å². The quantitative estimate of drug-likeness (QED) is 0.208. The lowest BCUT2D eigenvalue weighted by molar-refractivity contribution is 0.0998. The molecule has 6 heteroatoms. The molecular weight excluding hydrogens is 424 g/mol. The second-order valence-electron chi connectivity index (χ2n) is 7.95. The number of Topliss-reactive ketones (excluding diaryl/α,β-unsaturated/α-hetero) is 2. The highest BCUT2D eigenvalue weighted by molar-refractivity contribution is 5.99. The van der Waals surface area contributed by atoms with Crippen molar-refractivity contribution in [2.75, 3.05) is 35.2 Å². The molecule has 4 aromatic carbocycles. The Bertz CT molecular complexity index is 1160. The first-order valence-electron chi connectivity index (χ1n) is 10.9. The molecule has 0 atom stereocenters. The van der Waals surface area contributed by atoms with E-state index in [-0.39, 0.29) is 24.7 Å². The van der Waals surface area contributed by atoms with Crippen molar-refractivity contribution >= 4 is 34.3 Å². The minimum absolute atomic E-state index is 0.00189. The molecule has 0 radical (unpaired) electrons. The zero-order chi connectivity index (χ0) is 23.9. The molecule has 0 unspecified atom stereocenters. The molecule has 170 valence electrons. The highest BCUT2D eigenvalue weighted by Gasteiger charge is 2.07. The van der Waals surface area contributed by atoms with E-state index in [1.54, 1.807) is 48.5 Å². The van der Waals surface area contributed by atoms with Crippen molar-refractivity contribution in [2.45, 2.75) is 0 Å². The van der Waals surface area contributed by atoms with Gasteiger partial charge in [0, 0.05) is 33.9 Å². The van der Waals surface area contributed by atoms with Gasteiger partial charge >= 0.3 is 0 Å². The van der Waals surface area contributed by atoms with Gasteiger partial charge < -0.3 is 22.1 Å². The number of hydrogen-bond acceptors (Lipinski definition) is 6. The van der Waals surface area contributed by atoms with Crippen LogP contribution in [0.1, 0.15) is 20.7 Å². The van der Waals surface area contributed by atoms with Gasteiger partial charge in [-0.05, 0) is 83.9 Å². The summed E-state index contributed by atoms with van der Waals surface area (Å²) in [6.45, 7) is 0.414. The number of hydrogen-bond donors (Lipinski definition) is 4. The van der Waals surface area contributed by atoms with Crippen LogP contribution < -0.4 is 22.1 Å². The van der Waals surface area contributed by atoms with E-state index in [4.69, 9.17) is 11.5 Å². The molecule has 0 amide bonds. The molecule has 0 saturated carbocycles. The first-order valence-corrected chi connectivity index (χ1v) is 10.9. The molecule has 0 heterocycles. The molecule has 0 aliphatic heterocycles. The number of ketones is 2. The highest BCUT2D eigenvalue weighted by atomic mass is 16.1. The molecule has 6 N–H and O–H groups in total. The van der Waals surface area contributed by atoms with E-state index < -0.39 is 0 Å². The summed E-state index contributed by atoms with van der Waals surface area (Å²) < 4.78 is 0. The normalized spacial score (nSPS) is 10.5. The Morgan fingerprint density at radius 2 is 0.824 bits per heavy atom. The number of nitrogens with one attached hydrogen (secondary N) is 2. The van der Waals surface area contributed by atoms with Crippen molar-refractivity contribution in [1.29, 1.82) is 0 Å². The third-order valence-electron chi connectivity index (χ3n) is 5.47. The number of rotatable bonds is 9. The summed E-state index contributed by atoms with van der Waals surface area (Å²) in [5.41, 5.74) is 17.7. The Morgan fingerprint density at radius 1 is 0.500 bits per heavy atom. The Labute approximate surface area is 198 Å². The van der Waals surface area contributed by atoms with Crippen LogP contribution in [0.5, 0.6) is 0 Å². The molecule has 4 aromatic rings. The van der Waals surface area contributed by atoms with Crippen molar-refractivity contribution < 1.29 is 9.59 Å². The van der Waals surface area contributed by atoms with Gasteiger partial charge in [-0.15, -0.1) is 0 Å². The topological polar surface area (TPSA) is 110 Å².